The number of anilines is 3. The Morgan fingerprint density at radius 3 is 1.25 bits per heavy atom. The molecule has 456 valence electrons. The summed E-state index contributed by atoms with van der Waals surface area (Å²) in [4.78, 5) is 41.6. The molecule has 91 heavy (non-hydrogen) atoms. The van der Waals surface area contributed by atoms with E-state index in [1.165, 1.54) is 45.9 Å². The molecule has 24 nitrogen and oxygen atoms in total. The molecule has 0 bridgehead atoms. The van der Waals surface area contributed by atoms with E-state index in [1.807, 2.05) is 126 Å². The number of nitrogen functional groups attached to an aromatic ring is 3. The van der Waals surface area contributed by atoms with Crippen molar-refractivity contribution in [3.8, 4) is 33.4 Å². The molecule has 12 aromatic rings. The maximum atomic E-state index is 9.47. The zero-order valence-electron chi connectivity index (χ0n) is 50.3. The van der Waals surface area contributed by atoms with E-state index < -0.39 is 0 Å². The minimum absolute atomic E-state index is 0.0298. The van der Waals surface area contributed by atoms with Gasteiger partial charge in [-0.15, -0.1) is 26.2 Å². The summed E-state index contributed by atoms with van der Waals surface area (Å²) in [5, 5.41) is 45.0. The standard InChI is InChI=1S/C23H22N6OS.C22H21N7O.C21H20N8O/c1-14-5-7-16(8-6-14)19-18(11-17(25-3)23-28-15(2)12-31-23)29(9-4-10-30)22-20(19)21(24)26-13-27-22;1-15-5-7-16(8-6-15)19-17(13-18(24-2)29-11-3-9-27-29)28(10-4-12-30)22-20(19)21(23)25-14-26-22;1-14-4-6-15(7-5-14)18-16(12-17(23-2)29-10-8-26-27-29)28(9-3-11-30)21-19(18)20(22)24-13-25-21/h5-8,11-13,30H,4,9-10H2,1-2H3,(H2,24,26,27);3,5-9,11,13-14,30H,4,10,12H2,1H3,(H2,23,25,26);4-8,10,12-13,30H,3,9,11H2,1H3,(H2,22,24,25)/b17-11-;18-13+;17-12+. The number of rotatable bonds is 18. The van der Waals surface area contributed by atoms with Gasteiger partial charge in [0.1, 0.15) is 70.8 Å². The predicted octanol–water partition coefficient (Wildman–Crippen LogP) is 10.8. The van der Waals surface area contributed by atoms with Gasteiger partial charge >= 0.3 is 0 Å². The van der Waals surface area contributed by atoms with Crippen LogP contribution in [0.15, 0.2) is 128 Å². The molecule has 25 heteroatoms. The molecule has 3 aromatic carbocycles. The maximum absolute atomic E-state index is 9.47. The van der Waals surface area contributed by atoms with Crippen LogP contribution in [0.2, 0.25) is 0 Å². The van der Waals surface area contributed by atoms with Crippen LogP contribution < -0.4 is 17.2 Å². The number of hydrogen-bond acceptors (Lipinski definition) is 17. The van der Waals surface area contributed by atoms with Gasteiger partial charge in [0.25, 0.3) is 11.6 Å². The number of aromatic nitrogens is 15. The first kappa shape index (κ1) is 62.5. The lowest BCUT2D eigenvalue weighted by Gasteiger charge is -2.10. The van der Waals surface area contributed by atoms with E-state index in [9.17, 15) is 15.3 Å². The van der Waals surface area contributed by atoms with Gasteiger partial charge in [0, 0.05) is 95.6 Å². The summed E-state index contributed by atoms with van der Waals surface area (Å²) < 4.78 is 8.88. The molecule has 9 N–H and O–H groups in total. The SMILES string of the molecule is [C-]#[N+]/C(=C\c1c(-c2ccc(C)cc2)c2c(N)ncnc2n1CCCO)c1nc(C)cs1.[C-]#[N+]/C(=C\c1c(-c2ccc(C)cc2)c2c(N)ncnc2n1CCCO)n1cccn1.[C-]#[N+]/C(=C\c1c(-c2ccc(C)cc2)c2c(N)ncnc2n1CCCO)n1ccnn1. The van der Waals surface area contributed by atoms with E-state index in [0.29, 0.717) is 95.2 Å². The molecule has 12 rings (SSSR count). The lowest BCUT2D eigenvalue weighted by atomic mass is 10.0. The Balaban J connectivity index is 0.000000150. The molecule has 0 radical (unpaired) electrons. The van der Waals surface area contributed by atoms with Gasteiger partial charge in [0.2, 0.25) is 5.70 Å². The van der Waals surface area contributed by atoms with Crippen LogP contribution in [0.3, 0.4) is 0 Å². The van der Waals surface area contributed by atoms with Gasteiger partial charge in [-0.25, -0.2) is 34.7 Å². The summed E-state index contributed by atoms with van der Waals surface area (Å²) in [6.07, 6.45) is 17.8. The van der Waals surface area contributed by atoms with Gasteiger partial charge in [0.05, 0.1) is 35.1 Å². The average Bonchev–Trinajstić information content (AvgIpc) is 1.64. The molecular weight excluding hydrogens is 1170 g/mol. The van der Waals surface area contributed by atoms with E-state index >= 15 is 0 Å². The number of aryl methyl sites for hydroxylation is 7. The van der Waals surface area contributed by atoms with E-state index in [2.05, 4.69) is 64.8 Å². The number of fused-ring (bicyclic) bond motifs is 3. The van der Waals surface area contributed by atoms with Crippen molar-refractivity contribution in [3.05, 3.63) is 207 Å². The summed E-state index contributed by atoms with van der Waals surface area (Å²) in [7, 11) is 0. The molecule has 0 aliphatic heterocycles. The highest BCUT2D eigenvalue weighted by Crippen LogP contribution is 2.42. The number of aliphatic hydroxyl groups is 3. The lowest BCUT2D eigenvalue weighted by Crippen LogP contribution is -2.05. The second-order valence-electron chi connectivity index (χ2n) is 20.9. The third-order valence-electron chi connectivity index (χ3n) is 14.8. The molecule has 0 saturated heterocycles. The van der Waals surface area contributed by atoms with Crippen LogP contribution >= 0.6 is 11.3 Å². The Morgan fingerprint density at radius 1 is 0.516 bits per heavy atom. The summed E-state index contributed by atoms with van der Waals surface area (Å²) in [5.41, 5.74) is 33.4. The number of nitrogens with zero attached hydrogens (tertiary/aromatic N) is 18. The summed E-state index contributed by atoms with van der Waals surface area (Å²) in [5.74, 6) is 1.73. The van der Waals surface area contributed by atoms with Crippen LogP contribution in [-0.2, 0) is 19.6 Å². The minimum Gasteiger partial charge on any atom is -0.396 e. The lowest BCUT2D eigenvalue weighted by molar-refractivity contribution is 0.280. The third kappa shape index (κ3) is 13.3. The smallest absolute Gasteiger partial charge is 0.258 e. The predicted molar refractivity (Wildman–Crippen MR) is 357 cm³/mol. The Labute approximate surface area is 527 Å². The van der Waals surface area contributed by atoms with E-state index in [1.54, 1.807) is 36.8 Å². The molecule has 9 heterocycles. The van der Waals surface area contributed by atoms with Crippen molar-refractivity contribution in [2.45, 2.75) is 66.6 Å². The molecule has 0 aliphatic carbocycles. The van der Waals surface area contributed by atoms with Crippen LogP contribution in [0.4, 0.5) is 17.5 Å². The van der Waals surface area contributed by atoms with Crippen LogP contribution in [0.5, 0.6) is 0 Å². The number of nitrogens with two attached hydrogens (primary N) is 3. The van der Waals surface area contributed by atoms with E-state index in [4.69, 9.17) is 36.9 Å². The van der Waals surface area contributed by atoms with Gasteiger partial charge in [-0.1, -0.05) is 103 Å². The van der Waals surface area contributed by atoms with Gasteiger partial charge in [-0.3, -0.25) is 4.98 Å². The topological polar surface area (TPSA) is 305 Å². The largest absolute Gasteiger partial charge is 0.396 e. The van der Waals surface area contributed by atoms with Crippen molar-refractivity contribution in [3.63, 3.8) is 0 Å². The molecule has 0 fully saturated rings. The fraction of sp³-hybridized carbons (Fsp3) is 0.197. The van der Waals surface area contributed by atoms with E-state index in [-0.39, 0.29) is 25.6 Å². The second kappa shape index (κ2) is 28.5. The van der Waals surface area contributed by atoms with E-state index in [0.717, 1.165) is 83.6 Å². The first-order chi connectivity index (χ1) is 44.3. The fourth-order valence-corrected chi connectivity index (χ4v) is 11.3. The first-order valence-corrected chi connectivity index (χ1v) is 29.7. The van der Waals surface area contributed by atoms with Crippen molar-refractivity contribution in [1.82, 2.24) is 73.4 Å². The molecule has 0 amide bonds. The maximum Gasteiger partial charge on any atom is 0.258 e. The van der Waals surface area contributed by atoms with Crippen LogP contribution in [0.1, 0.15) is 63.7 Å². The van der Waals surface area contributed by atoms with Crippen molar-refractivity contribution < 1.29 is 15.3 Å². The fourth-order valence-electron chi connectivity index (χ4n) is 10.5. The number of hydrogen-bond donors (Lipinski definition) is 6. The third-order valence-corrected chi connectivity index (χ3v) is 15.7. The highest BCUT2D eigenvalue weighted by Gasteiger charge is 2.26. The highest BCUT2D eigenvalue weighted by atomic mass is 32.1. The Kier molecular flexibility index (Phi) is 19.6. The first-order valence-electron chi connectivity index (χ1n) is 28.8. The summed E-state index contributed by atoms with van der Waals surface area (Å²) >= 11 is 1.44. The normalized spacial score (nSPS) is 11.7. The van der Waals surface area contributed by atoms with Crippen molar-refractivity contribution in [2.75, 3.05) is 37.0 Å². The molecule has 9 aromatic heterocycles. The monoisotopic (exact) mass is 1230 g/mol. The molecular formula is C66H63N21O3S. The summed E-state index contributed by atoms with van der Waals surface area (Å²) in [6.45, 7) is 32.7. The molecule has 0 unspecified atom stereocenters. The number of benzene rings is 3. The summed E-state index contributed by atoms with van der Waals surface area (Å²) in [6, 6.07) is 26.1. The van der Waals surface area contributed by atoms with Crippen molar-refractivity contribution in [2.24, 2.45) is 0 Å². The van der Waals surface area contributed by atoms with Crippen LogP contribution in [0, 0.1) is 47.4 Å². The molecule has 0 atom stereocenters. The highest BCUT2D eigenvalue weighted by molar-refractivity contribution is 7.10. The zero-order chi connectivity index (χ0) is 64.1. The Hall–Kier alpha value is -11.5. The Bertz CT molecular complexity index is 4560. The quantitative estimate of drug-likeness (QED) is 0.0435. The van der Waals surface area contributed by atoms with Crippen LogP contribution in [0.25, 0.3) is 117 Å². The molecule has 0 aliphatic rings. The van der Waals surface area contributed by atoms with Gasteiger partial charge in [0.15, 0.2) is 0 Å². The van der Waals surface area contributed by atoms with Gasteiger partial charge in [-0.05, 0) is 81.9 Å². The van der Waals surface area contributed by atoms with Crippen LogP contribution in [-0.4, -0.2) is 109 Å². The average molecular weight is 1230 g/mol. The number of thiazole rings is 1. The van der Waals surface area contributed by atoms with Crippen molar-refractivity contribution >= 4 is 97.5 Å². The number of aliphatic hydroxyl groups excluding tert-OH is 3. The van der Waals surface area contributed by atoms with Gasteiger partial charge < -0.3 is 55.9 Å². The van der Waals surface area contributed by atoms with Gasteiger partial charge in [-0.2, -0.15) is 4.68 Å². The molecule has 0 spiro atoms. The minimum atomic E-state index is 0.0298. The molecule has 0 saturated carbocycles. The Morgan fingerprint density at radius 2 is 0.923 bits per heavy atom. The van der Waals surface area contributed by atoms with Crippen molar-refractivity contribution in [1.29, 1.82) is 0 Å². The second-order valence-corrected chi connectivity index (χ2v) is 21.8. The zero-order valence-corrected chi connectivity index (χ0v) is 51.1.